The van der Waals surface area contributed by atoms with Crippen molar-refractivity contribution in [3.63, 3.8) is 0 Å². The van der Waals surface area contributed by atoms with Gasteiger partial charge >= 0.3 is 0 Å². The van der Waals surface area contributed by atoms with Crippen LogP contribution in [-0.2, 0) is 0 Å². The van der Waals surface area contributed by atoms with Crippen molar-refractivity contribution in [2.75, 3.05) is 0 Å². The van der Waals surface area contributed by atoms with Crippen molar-refractivity contribution in [1.82, 2.24) is 0 Å². The van der Waals surface area contributed by atoms with Crippen molar-refractivity contribution in [1.29, 1.82) is 0 Å². The van der Waals surface area contributed by atoms with E-state index in [0.29, 0.717) is 11.8 Å². The molecule has 82 valence electrons. The molecule has 0 bridgehead atoms. The number of hydrogen-bond acceptors (Lipinski definition) is 1. The molecule has 0 aromatic rings. The summed E-state index contributed by atoms with van der Waals surface area (Å²) in [7, 11) is 0. The molecule has 0 aromatic heterocycles. The van der Waals surface area contributed by atoms with Gasteiger partial charge in [-0.3, -0.25) is 4.99 Å². The first-order valence-corrected chi connectivity index (χ1v) is 5.62. The third kappa shape index (κ3) is 4.08. The molecular weight excluding hydrogens is 170 g/mol. The molecule has 1 unspecified atom stereocenters. The van der Waals surface area contributed by atoms with E-state index in [1.165, 1.54) is 23.4 Å². The minimum Gasteiger partial charge on any atom is -0.263 e. The summed E-state index contributed by atoms with van der Waals surface area (Å²) in [5, 5.41) is 0. The Hall–Kier alpha value is -0.590. The van der Waals surface area contributed by atoms with Crippen LogP contribution in [0.1, 0.15) is 54.9 Å². The molecule has 0 amide bonds. The van der Waals surface area contributed by atoms with Gasteiger partial charge < -0.3 is 0 Å². The number of nitrogens with zero attached hydrogens (tertiary/aromatic N) is 1. The molecule has 0 radical (unpaired) electrons. The fourth-order valence-corrected chi connectivity index (χ4v) is 1.18. The monoisotopic (exact) mass is 195 g/mol. The lowest BCUT2D eigenvalue weighted by Crippen LogP contribution is -2.06. The lowest BCUT2D eigenvalue weighted by molar-refractivity contribution is 0.728. The summed E-state index contributed by atoms with van der Waals surface area (Å²) in [5.41, 5.74) is 3.84. The maximum absolute atomic E-state index is 4.67. The predicted octanol–water partition coefficient (Wildman–Crippen LogP) is 4.44. The van der Waals surface area contributed by atoms with E-state index in [1.54, 1.807) is 0 Å². The maximum Gasteiger partial charge on any atom is 0.0363 e. The number of allylic oxidation sites excluding steroid dienone is 2. The zero-order chi connectivity index (χ0) is 11.3. The molecule has 0 aliphatic rings. The van der Waals surface area contributed by atoms with Gasteiger partial charge in [-0.05, 0) is 44.6 Å². The summed E-state index contributed by atoms with van der Waals surface area (Å²) in [6.07, 6.45) is 1.17. The van der Waals surface area contributed by atoms with Gasteiger partial charge in [0.15, 0.2) is 0 Å². The first kappa shape index (κ1) is 13.4. The molecule has 0 fully saturated rings. The van der Waals surface area contributed by atoms with E-state index in [-0.39, 0.29) is 0 Å². The molecule has 1 atom stereocenters. The Balaban J connectivity index is 4.73. The Morgan fingerprint density at radius 3 is 1.93 bits per heavy atom. The lowest BCUT2D eigenvalue weighted by Gasteiger charge is -2.11. The molecule has 1 heteroatoms. The first-order valence-electron chi connectivity index (χ1n) is 5.62. The van der Waals surface area contributed by atoms with Crippen LogP contribution in [-0.4, -0.2) is 5.71 Å². The highest BCUT2D eigenvalue weighted by Crippen LogP contribution is 2.16. The first-order chi connectivity index (χ1) is 6.40. The number of hydrogen-bond donors (Lipinski definition) is 0. The molecule has 0 aliphatic carbocycles. The van der Waals surface area contributed by atoms with Gasteiger partial charge in [-0.1, -0.05) is 27.7 Å². The second-order valence-electron chi connectivity index (χ2n) is 4.49. The maximum atomic E-state index is 4.67. The fraction of sp³-hybridized carbons (Fsp3) is 0.769. The molecular formula is C13H25N. The van der Waals surface area contributed by atoms with E-state index in [4.69, 9.17) is 0 Å². The smallest absolute Gasteiger partial charge is 0.0363 e. The van der Waals surface area contributed by atoms with Gasteiger partial charge in [-0.25, -0.2) is 0 Å². The van der Waals surface area contributed by atoms with Gasteiger partial charge in [0.1, 0.15) is 0 Å². The van der Waals surface area contributed by atoms with E-state index in [0.717, 1.165) is 0 Å². The minimum absolute atomic E-state index is 0.600. The molecule has 14 heavy (non-hydrogen) atoms. The summed E-state index contributed by atoms with van der Waals surface area (Å²) in [4.78, 5) is 4.67. The quantitative estimate of drug-likeness (QED) is 0.588. The highest BCUT2D eigenvalue weighted by atomic mass is 14.8. The summed E-state index contributed by atoms with van der Waals surface area (Å²) < 4.78 is 0. The Bertz CT molecular complexity index is 234. The van der Waals surface area contributed by atoms with Crippen LogP contribution in [0.3, 0.4) is 0 Å². The number of aliphatic imine (C=N–C) groups is 1. The number of rotatable bonds is 4. The van der Waals surface area contributed by atoms with Crippen LogP contribution >= 0.6 is 0 Å². The van der Waals surface area contributed by atoms with Gasteiger partial charge in [0.25, 0.3) is 0 Å². The molecule has 1 nitrogen and oxygen atoms in total. The minimum atomic E-state index is 0.600. The highest BCUT2D eigenvalue weighted by Gasteiger charge is 2.05. The second-order valence-corrected chi connectivity index (χ2v) is 4.49. The normalized spacial score (nSPS) is 17.0. The van der Waals surface area contributed by atoms with Gasteiger partial charge in [-0.15, -0.1) is 0 Å². The van der Waals surface area contributed by atoms with Crippen LogP contribution in [0.25, 0.3) is 0 Å². The van der Waals surface area contributed by atoms with Crippen molar-refractivity contribution < 1.29 is 0 Å². The van der Waals surface area contributed by atoms with Crippen LogP contribution in [0.5, 0.6) is 0 Å². The van der Waals surface area contributed by atoms with E-state index in [2.05, 4.69) is 53.5 Å². The molecule has 0 heterocycles. The van der Waals surface area contributed by atoms with Gasteiger partial charge in [-0.2, -0.15) is 0 Å². The van der Waals surface area contributed by atoms with Crippen LogP contribution < -0.4 is 0 Å². The SMILES string of the molecule is CCC(C)C(C)=N/C(C)=C(\C)C(C)C. The van der Waals surface area contributed by atoms with Crippen molar-refractivity contribution in [3.05, 3.63) is 11.3 Å². The van der Waals surface area contributed by atoms with E-state index < -0.39 is 0 Å². The Labute approximate surface area is 89.3 Å². The zero-order valence-electron chi connectivity index (χ0n) is 10.8. The van der Waals surface area contributed by atoms with Crippen LogP contribution in [0.15, 0.2) is 16.3 Å². The Morgan fingerprint density at radius 2 is 1.57 bits per heavy atom. The van der Waals surface area contributed by atoms with Crippen molar-refractivity contribution >= 4 is 5.71 Å². The van der Waals surface area contributed by atoms with Crippen LogP contribution in [0, 0.1) is 11.8 Å². The van der Waals surface area contributed by atoms with Crippen molar-refractivity contribution in [3.8, 4) is 0 Å². The summed E-state index contributed by atoms with van der Waals surface area (Å²) >= 11 is 0. The summed E-state index contributed by atoms with van der Waals surface area (Å²) in [5.74, 6) is 1.20. The second kappa shape index (κ2) is 6.00. The third-order valence-corrected chi connectivity index (χ3v) is 3.11. The topological polar surface area (TPSA) is 12.4 Å². The van der Waals surface area contributed by atoms with E-state index >= 15 is 0 Å². The van der Waals surface area contributed by atoms with Gasteiger partial charge in [0.05, 0.1) is 0 Å². The van der Waals surface area contributed by atoms with Gasteiger partial charge in [0, 0.05) is 11.4 Å². The summed E-state index contributed by atoms with van der Waals surface area (Å²) in [6.45, 7) is 15.3. The summed E-state index contributed by atoms with van der Waals surface area (Å²) in [6, 6.07) is 0. The Kier molecular flexibility index (Phi) is 5.75. The van der Waals surface area contributed by atoms with Gasteiger partial charge in [0.2, 0.25) is 0 Å². The molecule has 0 saturated carbocycles. The third-order valence-electron chi connectivity index (χ3n) is 3.11. The van der Waals surface area contributed by atoms with E-state index in [1.807, 2.05) is 0 Å². The molecule has 0 saturated heterocycles. The van der Waals surface area contributed by atoms with Crippen LogP contribution in [0.2, 0.25) is 0 Å². The van der Waals surface area contributed by atoms with Crippen molar-refractivity contribution in [2.24, 2.45) is 16.8 Å². The fourth-order valence-electron chi connectivity index (χ4n) is 1.18. The standard InChI is InChI=1S/C13H25N/c1-8-10(4)12(6)14-13(7)11(5)9(2)3/h9-10H,8H2,1-7H3/b13-11+,14-12?. The molecule has 0 aliphatic heterocycles. The van der Waals surface area contributed by atoms with Crippen LogP contribution in [0.4, 0.5) is 0 Å². The molecule has 0 N–H and O–H groups in total. The molecule has 0 rings (SSSR count). The molecule has 0 spiro atoms. The van der Waals surface area contributed by atoms with Crippen molar-refractivity contribution in [2.45, 2.75) is 54.9 Å². The molecule has 0 aromatic carbocycles. The Morgan fingerprint density at radius 1 is 1.07 bits per heavy atom. The van der Waals surface area contributed by atoms with E-state index in [9.17, 15) is 0 Å². The lowest BCUT2D eigenvalue weighted by atomic mass is 10.0. The zero-order valence-corrected chi connectivity index (χ0v) is 10.8. The largest absolute Gasteiger partial charge is 0.263 e. The average Bonchev–Trinajstić information content (AvgIpc) is 2.14. The predicted molar refractivity (Wildman–Crippen MR) is 65.8 cm³/mol. The highest BCUT2D eigenvalue weighted by molar-refractivity contribution is 5.84. The average molecular weight is 195 g/mol.